The second kappa shape index (κ2) is 6.40. The second-order valence-corrected chi connectivity index (χ2v) is 6.39. The predicted molar refractivity (Wildman–Crippen MR) is 72.6 cm³/mol. The molecule has 4 atom stereocenters. The molecule has 0 aliphatic heterocycles. The van der Waals surface area contributed by atoms with Crippen LogP contribution in [0.4, 0.5) is 0 Å². The van der Waals surface area contributed by atoms with E-state index in [2.05, 4.69) is 5.32 Å². The summed E-state index contributed by atoms with van der Waals surface area (Å²) in [7, 11) is 0. The Morgan fingerprint density at radius 3 is 2.68 bits per heavy atom. The molecular weight excluding hydrogens is 242 g/mol. The van der Waals surface area contributed by atoms with Crippen LogP contribution in [0.2, 0.25) is 0 Å². The van der Waals surface area contributed by atoms with E-state index < -0.39 is 5.97 Å². The van der Waals surface area contributed by atoms with Gasteiger partial charge in [-0.15, -0.1) is 0 Å². The van der Waals surface area contributed by atoms with Crippen molar-refractivity contribution in [1.29, 1.82) is 0 Å². The highest BCUT2D eigenvalue weighted by molar-refractivity contribution is 5.76. The van der Waals surface area contributed by atoms with Crippen molar-refractivity contribution in [2.75, 3.05) is 0 Å². The lowest BCUT2D eigenvalue weighted by Crippen LogP contribution is -2.34. The molecule has 2 aliphatic carbocycles. The Hall–Kier alpha value is -1.06. The standard InChI is InChI=1S/C15H25NO3/c1-10(3-2-4-15(18)19)16-14(17)9-13-8-11-5-6-12(13)7-11/h10-13H,2-9H2,1H3,(H,16,17)(H,18,19). The first-order valence-electron chi connectivity index (χ1n) is 7.55. The largest absolute Gasteiger partial charge is 0.481 e. The first-order valence-corrected chi connectivity index (χ1v) is 7.55. The van der Waals surface area contributed by atoms with E-state index in [0.29, 0.717) is 18.8 Å². The molecule has 4 heteroatoms. The molecule has 2 N–H and O–H groups in total. The van der Waals surface area contributed by atoms with E-state index in [-0.39, 0.29) is 18.4 Å². The van der Waals surface area contributed by atoms with Crippen LogP contribution in [0.25, 0.3) is 0 Å². The fourth-order valence-electron chi connectivity index (χ4n) is 3.83. The lowest BCUT2D eigenvalue weighted by atomic mass is 9.86. The number of fused-ring (bicyclic) bond motifs is 2. The van der Waals surface area contributed by atoms with Crippen LogP contribution in [0.3, 0.4) is 0 Å². The van der Waals surface area contributed by atoms with Gasteiger partial charge in [-0.2, -0.15) is 0 Å². The van der Waals surface area contributed by atoms with Crippen molar-refractivity contribution >= 4 is 11.9 Å². The van der Waals surface area contributed by atoms with Gasteiger partial charge in [0, 0.05) is 18.9 Å². The Bertz CT molecular complexity index is 342. The van der Waals surface area contributed by atoms with Gasteiger partial charge in [-0.3, -0.25) is 9.59 Å². The van der Waals surface area contributed by atoms with Crippen molar-refractivity contribution in [1.82, 2.24) is 5.32 Å². The summed E-state index contributed by atoms with van der Waals surface area (Å²) in [5, 5.41) is 11.6. The lowest BCUT2D eigenvalue weighted by Gasteiger charge is -2.22. The molecule has 1 amide bonds. The number of amides is 1. The maximum absolute atomic E-state index is 12.0. The van der Waals surface area contributed by atoms with Crippen molar-refractivity contribution in [2.24, 2.45) is 17.8 Å². The molecule has 2 aliphatic rings. The Morgan fingerprint density at radius 2 is 2.11 bits per heavy atom. The molecule has 0 aromatic heterocycles. The van der Waals surface area contributed by atoms with Crippen molar-refractivity contribution in [3.63, 3.8) is 0 Å². The summed E-state index contributed by atoms with van der Waals surface area (Å²) < 4.78 is 0. The Kier molecular flexibility index (Phi) is 4.83. The lowest BCUT2D eigenvalue weighted by molar-refractivity contribution is -0.137. The van der Waals surface area contributed by atoms with Crippen molar-refractivity contribution in [3.8, 4) is 0 Å². The number of rotatable bonds is 7. The van der Waals surface area contributed by atoms with Gasteiger partial charge in [-0.05, 0) is 56.8 Å². The molecule has 0 radical (unpaired) electrons. The summed E-state index contributed by atoms with van der Waals surface area (Å²) >= 11 is 0. The van der Waals surface area contributed by atoms with Crippen LogP contribution in [0, 0.1) is 17.8 Å². The average molecular weight is 267 g/mol. The predicted octanol–water partition coefficient (Wildman–Crippen LogP) is 2.57. The molecular formula is C15H25NO3. The van der Waals surface area contributed by atoms with Gasteiger partial charge >= 0.3 is 5.97 Å². The monoisotopic (exact) mass is 267 g/mol. The number of carboxylic acids is 1. The van der Waals surface area contributed by atoms with Gasteiger partial charge < -0.3 is 10.4 Å². The molecule has 4 unspecified atom stereocenters. The van der Waals surface area contributed by atoms with E-state index in [1.165, 1.54) is 25.7 Å². The van der Waals surface area contributed by atoms with E-state index in [1.807, 2.05) is 6.92 Å². The highest BCUT2D eigenvalue weighted by atomic mass is 16.4. The van der Waals surface area contributed by atoms with Gasteiger partial charge in [0.25, 0.3) is 0 Å². The zero-order chi connectivity index (χ0) is 13.8. The fourth-order valence-corrected chi connectivity index (χ4v) is 3.83. The molecule has 0 aromatic rings. The number of nitrogens with one attached hydrogen (secondary N) is 1. The Labute approximate surface area is 115 Å². The molecule has 2 saturated carbocycles. The molecule has 4 nitrogen and oxygen atoms in total. The molecule has 19 heavy (non-hydrogen) atoms. The molecule has 2 bridgehead atoms. The zero-order valence-corrected chi connectivity index (χ0v) is 11.7. The second-order valence-electron chi connectivity index (χ2n) is 6.39. The third-order valence-corrected chi connectivity index (χ3v) is 4.77. The average Bonchev–Trinajstić information content (AvgIpc) is 2.89. The van der Waals surface area contributed by atoms with E-state index in [4.69, 9.17) is 5.11 Å². The molecule has 2 fully saturated rings. The number of carboxylic acid groups (broad SMARTS) is 1. The minimum atomic E-state index is -0.763. The third-order valence-electron chi connectivity index (χ3n) is 4.77. The molecule has 0 aromatic carbocycles. The molecule has 0 heterocycles. The summed E-state index contributed by atoms with van der Waals surface area (Å²) in [5.41, 5.74) is 0. The molecule has 0 spiro atoms. The molecule has 0 saturated heterocycles. The van der Waals surface area contributed by atoms with Crippen LogP contribution in [-0.4, -0.2) is 23.0 Å². The van der Waals surface area contributed by atoms with E-state index >= 15 is 0 Å². The summed E-state index contributed by atoms with van der Waals surface area (Å²) in [5.74, 6) is 1.67. The first-order chi connectivity index (χ1) is 9.04. The van der Waals surface area contributed by atoms with Gasteiger partial charge in [0.1, 0.15) is 0 Å². The molecule has 2 rings (SSSR count). The van der Waals surface area contributed by atoms with Crippen LogP contribution in [-0.2, 0) is 9.59 Å². The van der Waals surface area contributed by atoms with Crippen molar-refractivity contribution in [2.45, 2.75) is 64.3 Å². The minimum Gasteiger partial charge on any atom is -0.481 e. The summed E-state index contributed by atoms with van der Waals surface area (Å²) in [6.07, 6.45) is 7.50. The summed E-state index contributed by atoms with van der Waals surface area (Å²) in [6, 6.07) is 0.0884. The Morgan fingerprint density at radius 1 is 1.32 bits per heavy atom. The first kappa shape index (κ1) is 14.4. The van der Waals surface area contributed by atoms with Crippen LogP contribution in [0.1, 0.15) is 58.3 Å². The number of carbonyl (C=O) groups excluding carboxylic acids is 1. The van der Waals surface area contributed by atoms with Crippen LogP contribution in [0.15, 0.2) is 0 Å². The van der Waals surface area contributed by atoms with Crippen molar-refractivity contribution < 1.29 is 14.7 Å². The topological polar surface area (TPSA) is 66.4 Å². The smallest absolute Gasteiger partial charge is 0.303 e. The van der Waals surface area contributed by atoms with Crippen LogP contribution < -0.4 is 5.32 Å². The van der Waals surface area contributed by atoms with Crippen molar-refractivity contribution in [3.05, 3.63) is 0 Å². The number of hydrogen-bond acceptors (Lipinski definition) is 2. The van der Waals surface area contributed by atoms with E-state index in [9.17, 15) is 9.59 Å². The number of hydrogen-bond donors (Lipinski definition) is 2. The maximum Gasteiger partial charge on any atom is 0.303 e. The van der Waals surface area contributed by atoms with Gasteiger partial charge in [-0.25, -0.2) is 0 Å². The van der Waals surface area contributed by atoms with Gasteiger partial charge in [-0.1, -0.05) is 6.42 Å². The maximum atomic E-state index is 12.0. The third kappa shape index (κ3) is 4.22. The number of carbonyl (C=O) groups is 2. The normalized spacial score (nSPS) is 30.3. The number of aliphatic carboxylic acids is 1. The zero-order valence-electron chi connectivity index (χ0n) is 11.7. The van der Waals surface area contributed by atoms with E-state index in [0.717, 1.165) is 18.3 Å². The van der Waals surface area contributed by atoms with Gasteiger partial charge in [0.2, 0.25) is 5.91 Å². The van der Waals surface area contributed by atoms with Crippen LogP contribution >= 0.6 is 0 Å². The SMILES string of the molecule is CC(CCCC(=O)O)NC(=O)CC1CC2CCC1C2. The molecule has 108 valence electrons. The quantitative estimate of drug-likeness (QED) is 0.745. The fraction of sp³-hybridized carbons (Fsp3) is 0.867. The highest BCUT2D eigenvalue weighted by Crippen LogP contribution is 2.49. The summed E-state index contributed by atoms with van der Waals surface area (Å²) in [6.45, 7) is 1.96. The minimum absolute atomic E-state index is 0.0884. The highest BCUT2D eigenvalue weighted by Gasteiger charge is 2.40. The van der Waals surface area contributed by atoms with Crippen LogP contribution in [0.5, 0.6) is 0 Å². The van der Waals surface area contributed by atoms with Gasteiger partial charge in [0.05, 0.1) is 0 Å². The van der Waals surface area contributed by atoms with Gasteiger partial charge in [0.15, 0.2) is 0 Å². The summed E-state index contributed by atoms with van der Waals surface area (Å²) in [4.78, 5) is 22.4. The Balaban J connectivity index is 1.62. The van der Waals surface area contributed by atoms with E-state index in [1.54, 1.807) is 0 Å².